The second kappa shape index (κ2) is 8.79. The second-order valence-electron chi connectivity index (χ2n) is 3.86. The molecule has 3 N–H and O–H groups in total. The van der Waals surface area contributed by atoms with E-state index >= 15 is 0 Å². The molecule has 1 rings (SSSR count). The number of ether oxygens (including phenoxy) is 1. The van der Waals surface area contributed by atoms with Gasteiger partial charge in [-0.05, 0) is 24.6 Å². The Hall–Kier alpha value is -1.24. The summed E-state index contributed by atoms with van der Waals surface area (Å²) in [6.07, 6.45) is 0. The van der Waals surface area contributed by atoms with E-state index in [9.17, 15) is 0 Å². The zero-order valence-electron chi connectivity index (χ0n) is 10.8. The number of nitrogens with one attached hydrogen (secondary N) is 1. The summed E-state index contributed by atoms with van der Waals surface area (Å²) in [7, 11) is 1.64. The SMILES string of the molecule is C=C(C)CNC(N)=NCc1cccc(OC)c1.I. The predicted octanol–water partition coefficient (Wildman–Crippen LogP) is 2.29. The average molecular weight is 361 g/mol. The number of halogens is 1. The highest BCUT2D eigenvalue weighted by Gasteiger charge is 1.96. The van der Waals surface area contributed by atoms with Crippen molar-refractivity contribution in [2.75, 3.05) is 13.7 Å². The van der Waals surface area contributed by atoms with E-state index in [4.69, 9.17) is 10.5 Å². The maximum Gasteiger partial charge on any atom is 0.189 e. The molecule has 0 unspecified atom stereocenters. The topological polar surface area (TPSA) is 59.6 Å². The minimum Gasteiger partial charge on any atom is -0.497 e. The lowest BCUT2D eigenvalue weighted by Crippen LogP contribution is -2.32. The third-order valence-corrected chi connectivity index (χ3v) is 2.14. The Balaban J connectivity index is 0.00000289. The number of hydrogen-bond donors (Lipinski definition) is 2. The summed E-state index contributed by atoms with van der Waals surface area (Å²) in [4.78, 5) is 4.23. The largest absolute Gasteiger partial charge is 0.497 e. The summed E-state index contributed by atoms with van der Waals surface area (Å²) in [5.74, 6) is 1.25. The summed E-state index contributed by atoms with van der Waals surface area (Å²) in [6, 6.07) is 7.75. The molecule has 100 valence electrons. The van der Waals surface area contributed by atoms with Crippen molar-refractivity contribution in [2.24, 2.45) is 10.7 Å². The molecule has 18 heavy (non-hydrogen) atoms. The lowest BCUT2D eigenvalue weighted by Gasteiger charge is -2.05. The molecule has 0 heterocycles. The fourth-order valence-corrected chi connectivity index (χ4v) is 1.24. The van der Waals surface area contributed by atoms with Crippen LogP contribution in [0.3, 0.4) is 0 Å². The normalized spacial score (nSPS) is 10.4. The van der Waals surface area contributed by atoms with Crippen LogP contribution in [0.5, 0.6) is 5.75 Å². The molecule has 0 bridgehead atoms. The van der Waals surface area contributed by atoms with Crippen molar-refractivity contribution in [3.8, 4) is 5.75 Å². The number of guanidine groups is 1. The zero-order valence-corrected chi connectivity index (χ0v) is 13.1. The van der Waals surface area contributed by atoms with E-state index in [1.165, 1.54) is 0 Å². The standard InChI is InChI=1S/C13H19N3O.HI/c1-10(2)8-15-13(14)16-9-11-5-4-6-12(7-11)17-3;/h4-7H,1,8-9H2,2-3H3,(H3,14,15,16);1H. The van der Waals surface area contributed by atoms with Gasteiger partial charge in [0.15, 0.2) is 5.96 Å². The number of aliphatic imine (C=N–C) groups is 1. The van der Waals surface area contributed by atoms with Crippen LogP contribution in [0.15, 0.2) is 41.4 Å². The van der Waals surface area contributed by atoms with Gasteiger partial charge in [0, 0.05) is 6.54 Å². The first-order valence-electron chi connectivity index (χ1n) is 5.43. The van der Waals surface area contributed by atoms with Crippen molar-refractivity contribution >= 4 is 29.9 Å². The molecule has 0 aliphatic carbocycles. The van der Waals surface area contributed by atoms with Crippen molar-refractivity contribution in [1.29, 1.82) is 0 Å². The summed E-state index contributed by atoms with van der Waals surface area (Å²) < 4.78 is 5.13. The van der Waals surface area contributed by atoms with E-state index in [2.05, 4.69) is 16.9 Å². The predicted molar refractivity (Wildman–Crippen MR) is 86.6 cm³/mol. The molecule has 0 radical (unpaired) electrons. The van der Waals surface area contributed by atoms with Gasteiger partial charge in [-0.1, -0.05) is 24.3 Å². The molecule has 0 fully saturated rings. The molecule has 0 spiro atoms. The molecular weight excluding hydrogens is 341 g/mol. The fraction of sp³-hybridized carbons (Fsp3) is 0.308. The van der Waals surface area contributed by atoms with Crippen LogP contribution in [0.2, 0.25) is 0 Å². The minimum atomic E-state index is 0. The Bertz CT molecular complexity index is 418. The second-order valence-corrected chi connectivity index (χ2v) is 3.86. The van der Waals surface area contributed by atoms with Crippen molar-refractivity contribution in [3.63, 3.8) is 0 Å². The zero-order chi connectivity index (χ0) is 12.7. The molecule has 0 saturated carbocycles. The number of rotatable bonds is 5. The molecule has 0 aromatic heterocycles. The Morgan fingerprint density at radius 3 is 2.83 bits per heavy atom. The average Bonchev–Trinajstić information content (AvgIpc) is 2.34. The molecule has 1 aromatic carbocycles. The monoisotopic (exact) mass is 361 g/mol. The first kappa shape index (κ1) is 16.8. The van der Waals surface area contributed by atoms with Gasteiger partial charge in [-0.2, -0.15) is 0 Å². The molecule has 1 aromatic rings. The van der Waals surface area contributed by atoms with Gasteiger partial charge in [0.05, 0.1) is 13.7 Å². The van der Waals surface area contributed by atoms with Crippen molar-refractivity contribution in [3.05, 3.63) is 42.0 Å². The third-order valence-electron chi connectivity index (χ3n) is 2.14. The molecule has 0 aliphatic heterocycles. The van der Waals surface area contributed by atoms with Crippen molar-refractivity contribution in [2.45, 2.75) is 13.5 Å². The maximum atomic E-state index is 5.71. The Labute approximate surface area is 125 Å². The Kier molecular flexibility index (Phi) is 8.19. The number of benzene rings is 1. The van der Waals surface area contributed by atoms with E-state index in [-0.39, 0.29) is 24.0 Å². The maximum absolute atomic E-state index is 5.71. The van der Waals surface area contributed by atoms with Gasteiger partial charge in [-0.25, -0.2) is 4.99 Å². The Morgan fingerprint density at radius 2 is 2.22 bits per heavy atom. The summed E-state index contributed by atoms with van der Waals surface area (Å²) >= 11 is 0. The van der Waals surface area contributed by atoms with E-state index in [1.807, 2.05) is 31.2 Å². The summed E-state index contributed by atoms with van der Waals surface area (Å²) in [5.41, 5.74) is 7.78. The number of nitrogens with zero attached hydrogens (tertiary/aromatic N) is 1. The molecular formula is C13H20IN3O. The Morgan fingerprint density at radius 1 is 1.50 bits per heavy atom. The van der Waals surface area contributed by atoms with Crippen molar-refractivity contribution < 1.29 is 4.74 Å². The van der Waals surface area contributed by atoms with Crippen LogP contribution in [0, 0.1) is 0 Å². The van der Waals surface area contributed by atoms with Crippen molar-refractivity contribution in [1.82, 2.24) is 5.32 Å². The lowest BCUT2D eigenvalue weighted by molar-refractivity contribution is 0.414. The smallest absolute Gasteiger partial charge is 0.189 e. The van der Waals surface area contributed by atoms with Gasteiger partial charge >= 0.3 is 0 Å². The highest BCUT2D eigenvalue weighted by Crippen LogP contribution is 2.12. The van der Waals surface area contributed by atoms with Crippen LogP contribution >= 0.6 is 24.0 Å². The van der Waals surface area contributed by atoms with Gasteiger partial charge in [0.1, 0.15) is 5.75 Å². The van der Waals surface area contributed by atoms with Gasteiger partial charge in [0.2, 0.25) is 0 Å². The molecule has 0 atom stereocenters. The molecule has 0 aliphatic rings. The lowest BCUT2D eigenvalue weighted by atomic mass is 10.2. The van der Waals surface area contributed by atoms with E-state index < -0.39 is 0 Å². The molecule has 0 saturated heterocycles. The fourth-order valence-electron chi connectivity index (χ4n) is 1.24. The number of methoxy groups -OCH3 is 1. The van der Waals surface area contributed by atoms with Crippen LogP contribution in [0.4, 0.5) is 0 Å². The minimum absolute atomic E-state index is 0. The quantitative estimate of drug-likeness (QED) is 0.366. The first-order valence-corrected chi connectivity index (χ1v) is 5.43. The van der Waals surface area contributed by atoms with Crippen LogP contribution in [0.1, 0.15) is 12.5 Å². The summed E-state index contributed by atoms with van der Waals surface area (Å²) in [6.45, 7) is 6.89. The van der Waals surface area contributed by atoms with Crippen LogP contribution in [-0.2, 0) is 6.54 Å². The van der Waals surface area contributed by atoms with Crippen LogP contribution in [0.25, 0.3) is 0 Å². The van der Waals surface area contributed by atoms with E-state index in [0.29, 0.717) is 19.0 Å². The first-order chi connectivity index (χ1) is 8.11. The van der Waals surface area contributed by atoms with Crippen LogP contribution < -0.4 is 15.8 Å². The number of nitrogens with two attached hydrogens (primary N) is 1. The summed E-state index contributed by atoms with van der Waals surface area (Å²) in [5, 5.41) is 2.98. The van der Waals surface area contributed by atoms with E-state index in [1.54, 1.807) is 7.11 Å². The van der Waals surface area contributed by atoms with Gasteiger partial charge < -0.3 is 15.8 Å². The molecule has 4 nitrogen and oxygen atoms in total. The highest BCUT2D eigenvalue weighted by molar-refractivity contribution is 14.0. The third kappa shape index (κ3) is 6.48. The van der Waals surface area contributed by atoms with Gasteiger partial charge in [-0.3, -0.25) is 0 Å². The van der Waals surface area contributed by atoms with Gasteiger partial charge in [-0.15, -0.1) is 24.0 Å². The van der Waals surface area contributed by atoms with Gasteiger partial charge in [0.25, 0.3) is 0 Å². The molecule has 5 heteroatoms. The van der Waals surface area contributed by atoms with E-state index in [0.717, 1.165) is 16.9 Å². The highest BCUT2D eigenvalue weighted by atomic mass is 127. The number of hydrogen-bond acceptors (Lipinski definition) is 2. The van der Waals surface area contributed by atoms with Crippen LogP contribution in [-0.4, -0.2) is 19.6 Å². The molecule has 0 amide bonds.